The Labute approximate surface area is 179 Å². The number of benzene rings is 2. The van der Waals surface area contributed by atoms with Crippen LogP contribution in [0.2, 0.25) is 0 Å². The number of rotatable bonds is 7. The average molecular weight is 422 g/mol. The summed E-state index contributed by atoms with van der Waals surface area (Å²) in [5, 5.41) is 5.57. The lowest BCUT2D eigenvalue weighted by atomic mass is 10.2. The van der Waals surface area contributed by atoms with Crippen LogP contribution in [0.15, 0.2) is 48.6 Å². The fourth-order valence-corrected chi connectivity index (χ4v) is 3.03. The number of ether oxygens (including phenoxy) is 4. The van der Waals surface area contributed by atoms with Crippen molar-refractivity contribution in [2.45, 2.75) is 13.0 Å². The van der Waals surface area contributed by atoms with Gasteiger partial charge in [-0.15, -0.1) is 0 Å². The Kier molecular flexibility index (Phi) is 6.07. The maximum absolute atomic E-state index is 12.1. The quantitative estimate of drug-likeness (QED) is 0.666. The highest BCUT2D eigenvalue weighted by molar-refractivity contribution is 5.93. The van der Waals surface area contributed by atoms with Crippen molar-refractivity contribution >= 4 is 24.0 Å². The Hall–Kier alpha value is -3.94. The van der Waals surface area contributed by atoms with Crippen LogP contribution in [-0.4, -0.2) is 38.0 Å². The number of carbonyl (C=O) groups is 2. The zero-order valence-corrected chi connectivity index (χ0v) is 16.9. The predicted octanol–water partition coefficient (Wildman–Crippen LogP) is 2.49. The Balaban J connectivity index is 1.20. The molecule has 8 heteroatoms. The zero-order chi connectivity index (χ0) is 21.6. The smallest absolute Gasteiger partial charge is 0.244 e. The molecule has 2 aliphatic rings. The molecule has 1 atom stereocenters. The molecule has 2 aliphatic heterocycles. The molecule has 0 aliphatic carbocycles. The molecule has 0 unspecified atom stereocenters. The van der Waals surface area contributed by atoms with Gasteiger partial charge in [-0.25, -0.2) is 0 Å². The van der Waals surface area contributed by atoms with E-state index in [-0.39, 0.29) is 31.4 Å². The first-order valence-corrected chi connectivity index (χ1v) is 9.80. The van der Waals surface area contributed by atoms with E-state index in [1.807, 2.05) is 25.1 Å². The Bertz CT molecular complexity index is 1050. The molecule has 0 fully saturated rings. The number of carbonyl (C=O) groups excluding carboxylic acids is 2. The molecule has 31 heavy (non-hydrogen) atoms. The first-order valence-electron chi connectivity index (χ1n) is 9.80. The molecule has 160 valence electrons. The third kappa shape index (κ3) is 5.36. The fourth-order valence-electron chi connectivity index (χ4n) is 3.03. The topological polar surface area (TPSA) is 95.1 Å². The van der Waals surface area contributed by atoms with Crippen LogP contribution in [-0.2, 0) is 9.59 Å². The van der Waals surface area contributed by atoms with Gasteiger partial charge in [-0.2, -0.15) is 0 Å². The summed E-state index contributed by atoms with van der Waals surface area (Å²) in [6.07, 6.45) is 6.26. The number of fused-ring (bicyclic) bond motifs is 2. The molecule has 4 rings (SSSR count). The minimum Gasteiger partial charge on any atom is -0.454 e. The highest BCUT2D eigenvalue weighted by Crippen LogP contribution is 2.33. The van der Waals surface area contributed by atoms with Crippen molar-refractivity contribution in [1.29, 1.82) is 0 Å². The molecule has 2 aromatic carbocycles. The van der Waals surface area contributed by atoms with Gasteiger partial charge in [0, 0.05) is 24.7 Å². The highest BCUT2D eigenvalue weighted by Gasteiger charge is 2.13. The van der Waals surface area contributed by atoms with Crippen LogP contribution in [0.25, 0.3) is 12.2 Å². The third-order valence-electron chi connectivity index (χ3n) is 4.62. The maximum atomic E-state index is 12.1. The van der Waals surface area contributed by atoms with Gasteiger partial charge < -0.3 is 29.6 Å². The standard InChI is InChI=1S/C23H22N2O6/c1-15(25-23(27)9-5-17-3-7-19-21(11-17)31-14-29-19)12-24-22(26)8-4-16-2-6-18-20(10-16)30-13-28-18/h2-11,15H,12-14H2,1H3,(H,24,26)(H,25,27)/b8-4-,9-5-/t15-/m1/s1. The number of amides is 2. The molecule has 8 nitrogen and oxygen atoms in total. The van der Waals surface area contributed by atoms with Gasteiger partial charge in [-0.05, 0) is 54.5 Å². The van der Waals surface area contributed by atoms with E-state index in [1.54, 1.807) is 30.4 Å². The zero-order valence-electron chi connectivity index (χ0n) is 16.9. The lowest BCUT2D eigenvalue weighted by Gasteiger charge is -2.12. The van der Waals surface area contributed by atoms with E-state index in [9.17, 15) is 9.59 Å². The summed E-state index contributed by atoms with van der Waals surface area (Å²) in [7, 11) is 0. The van der Waals surface area contributed by atoms with E-state index in [0.717, 1.165) is 11.1 Å². The van der Waals surface area contributed by atoms with Crippen molar-refractivity contribution in [3.63, 3.8) is 0 Å². The van der Waals surface area contributed by atoms with Crippen molar-refractivity contribution in [3.05, 3.63) is 59.7 Å². The largest absolute Gasteiger partial charge is 0.454 e. The van der Waals surface area contributed by atoms with Gasteiger partial charge in [0.2, 0.25) is 25.4 Å². The fraction of sp³-hybridized carbons (Fsp3) is 0.217. The van der Waals surface area contributed by atoms with Crippen LogP contribution in [0.5, 0.6) is 23.0 Å². The van der Waals surface area contributed by atoms with Gasteiger partial charge in [0.05, 0.1) is 0 Å². The third-order valence-corrected chi connectivity index (χ3v) is 4.62. The van der Waals surface area contributed by atoms with E-state index in [1.165, 1.54) is 12.2 Å². The summed E-state index contributed by atoms with van der Waals surface area (Å²) in [5.41, 5.74) is 1.66. The molecular formula is C23H22N2O6. The second kappa shape index (κ2) is 9.25. The molecular weight excluding hydrogens is 400 g/mol. The molecule has 0 radical (unpaired) electrons. The van der Waals surface area contributed by atoms with Gasteiger partial charge in [0.1, 0.15) is 0 Å². The van der Waals surface area contributed by atoms with Gasteiger partial charge in [-0.3, -0.25) is 9.59 Å². The van der Waals surface area contributed by atoms with Gasteiger partial charge in [0.15, 0.2) is 23.0 Å². The lowest BCUT2D eigenvalue weighted by molar-refractivity contribution is -0.118. The molecule has 0 bridgehead atoms. The Morgan fingerprint density at radius 3 is 1.94 bits per heavy atom. The molecule has 0 saturated heterocycles. The summed E-state index contributed by atoms with van der Waals surface area (Å²) >= 11 is 0. The van der Waals surface area contributed by atoms with E-state index in [4.69, 9.17) is 18.9 Å². The number of hydrogen-bond acceptors (Lipinski definition) is 6. The predicted molar refractivity (Wildman–Crippen MR) is 114 cm³/mol. The van der Waals surface area contributed by atoms with Gasteiger partial charge >= 0.3 is 0 Å². The normalized spacial score (nSPS) is 14.7. The first kappa shape index (κ1) is 20.3. The van der Waals surface area contributed by atoms with Crippen LogP contribution < -0.4 is 29.6 Å². The van der Waals surface area contributed by atoms with E-state index < -0.39 is 0 Å². The van der Waals surface area contributed by atoms with E-state index >= 15 is 0 Å². The molecule has 0 aromatic heterocycles. The number of nitrogens with one attached hydrogen (secondary N) is 2. The molecule has 2 amide bonds. The van der Waals surface area contributed by atoms with Crippen molar-refractivity contribution < 1.29 is 28.5 Å². The van der Waals surface area contributed by atoms with Crippen LogP contribution in [0.3, 0.4) is 0 Å². The molecule has 2 heterocycles. The van der Waals surface area contributed by atoms with Crippen LogP contribution in [0.1, 0.15) is 18.1 Å². The average Bonchev–Trinajstić information content (AvgIpc) is 3.43. The van der Waals surface area contributed by atoms with E-state index in [0.29, 0.717) is 29.5 Å². The van der Waals surface area contributed by atoms with Crippen molar-refractivity contribution in [3.8, 4) is 23.0 Å². The lowest BCUT2D eigenvalue weighted by Crippen LogP contribution is -2.40. The Morgan fingerprint density at radius 2 is 1.35 bits per heavy atom. The summed E-state index contributed by atoms with van der Waals surface area (Å²) in [6.45, 7) is 2.53. The minimum absolute atomic E-state index is 0.206. The van der Waals surface area contributed by atoms with E-state index in [2.05, 4.69) is 10.6 Å². The second-order valence-electron chi connectivity index (χ2n) is 7.05. The highest BCUT2D eigenvalue weighted by atomic mass is 16.7. The molecule has 0 spiro atoms. The maximum Gasteiger partial charge on any atom is 0.244 e. The molecule has 2 aromatic rings. The minimum atomic E-state index is -0.255. The van der Waals surface area contributed by atoms with Crippen molar-refractivity contribution in [2.24, 2.45) is 0 Å². The van der Waals surface area contributed by atoms with Crippen LogP contribution in [0.4, 0.5) is 0 Å². The van der Waals surface area contributed by atoms with Gasteiger partial charge in [-0.1, -0.05) is 12.1 Å². The summed E-state index contributed by atoms with van der Waals surface area (Å²) in [4.78, 5) is 24.1. The van der Waals surface area contributed by atoms with Crippen molar-refractivity contribution in [1.82, 2.24) is 10.6 Å². The summed E-state index contributed by atoms with van der Waals surface area (Å²) in [5.74, 6) is 2.20. The monoisotopic (exact) mass is 422 g/mol. The van der Waals surface area contributed by atoms with Crippen molar-refractivity contribution in [2.75, 3.05) is 20.1 Å². The molecule has 2 N–H and O–H groups in total. The second-order valence-corrected chi connectivity index (χ2v) is 7.05. The molecule has 0 saturated carbocycles. The summed E-state index contributed by atoms with van der Waals surface area (Å²) < 4.78 is 21.2. The van der Waals surface area contributed by atoms with Crippen LogP contribution >= 0.6 is 0 Å². The van der Waals surface area contributed by atoms with Gasteiger partial charge in [0.25, 0.3) is 0 Å². The van der Waals surface area contributed by atoms with Crippen LogP contribution in [0, 0.1) is 0 Å². The first-order chi connectivity index (χ1) is 15.1. The Morgan fingerprint density at radius 1 is 0.839 bits per heavy atom. The summed E-state index contributed by atoms with van der Waals surface area (Å²) in [6, 6.07) is 10.7. The SMILES string of the molecule is C[C@H](CNC(=O)/C=C\c1ccc2c(c1)OCO2)NC(=O)/C=C\c1ccc2c(c1)OCO2. The number of hydrogen-bond donors (Lipinski definition) is 2.